The zero-order chi connectivity index (χ0) is 13.0. The zero-order valence-electron chi connectivity index (χ0n) is 9.43. The van der Waals surface area contributed by atoms with E-state index in [1.54, 1.807) is 19.2 Å². The third-order valence-corrected chi connectivity index (χ3v) is 2.32. The van der Waals surface area contributed by atoms with Crippen LogP contribution in [0, 0.1) is 0 Å². The molecule has 0 saturated heterocycles. The summed E-state index contributed by atoms with van der Waals surface area (Å²) < 4.78 is 10.3. The minimum Gasteiger partial charge on any atom is -0.458 e. The summed E-state index contributed by atoms with van der Waals surface area (Å²) in [7, 11) is 1.60. The van der Waals surface area contributed by atoms with E-state index in [0.29, 0.717) is 18.1 Å². The molecule has 2 rings (SSSR count). The molecule has 0 bridgehead atoms. The number of rotatable bonds is 4. The highest BCUT2D eigenvalue weighted by Gasteiger charge is 2.01. The molecule has 0 saturated carbocycles. The Labute approximate surface area is 113 Å². The van der Waals surface area contributed by atoms with Crippen LogP contribution in [-0.4, -0.2) is 23.3 Å². The Morgan fingerprint density at radius 3 is 2.72 bits per heavy atom. The van der Waals surface area contributed by atoms with E-state index in [-0.39, 0.29) is 16.3 Å². The minimum absolute atomic E-state index is 0.178. The van der Waals surface area contributed by atoms with Crippen molar-refractivity contribution in [2.75, 3.05) is 7.11 Å². The van der Waals surface area contributed by atoms with Gasteiger partial charge in [-0.15, -0.1) is 0 Å². The van der Waals surface area contributed by atoms with Crippen molar-refractivity contribution >= 4 is 35.4 Å². The van der Waals surface area contributed by atoms with E-state index in [2.05, 4.69) is 15.0 Å². The number of halogens is 2. The van der Waals surface area contributed by atoms with Crippen LogP contribution < -0.4 is 0 Å². The second-order valence-corrected chi connectivity index (χ2v) is 4.08. The molecule has 5 nitrogen and oxygen atoms in total. The van der Waals surface area contributed by atoms with Gasteiger partial charge in [0, 0.05) is 13.2 Å². The molecule has 2 aromatic rings. The zero-order valence-corrected chi connectivity index (χ0v) is 10.9. The summed E-state index contributed by atoms with van der Waals surface area (Å²) in [5.74, 6) is 1.46. The van der Waals surface area contributed by atoms with Crippen molar-refractivity contribution in [1.82, 2.24) is 9.97 Å². The van der Waals surface area contributed by atoms with Gasteiger partial charge in [-0.2, -0.15) is 9.97 Å². The third-order valence-electron chi connectivity index (χ3n) is 1.93. The van der Waals surface area contributed by atoms with Crippen molar-refractivity contribution in [1.29, 1.82) is 0 Å². The van der Waals surface area contributed by atoms with Gasteiger partial charge in [-0.3, -0.25) is 0 Å². The van der Waals surface area contributed by atoms with Crippen LogP contribution in [0.4, 0.5) is 5.95 Å². The average molecular weight is 286 g/mol. The Morgan fingerprint density at radius 2 is 2.06 bits per heavy atom. The first kappa shape index (κ1) is 13.0. The van der Waals surface area contributed by atoms with Gasteiger partial charge in [-0.05, 0) is 12.1 Å². The summed E-state index contributed by atoms with van der Waals surface area (Å²) in [6.07, 6.45) is 1.49. The van der Waals surface area contributed by atoms with Crippen LogP contribution in [0.15, 0.2) is 27.6 Å². The highest BCUT2D eigenvalue weighted by Crippen LogP contribution is 2.16. The topological polar surface area (TPSA) is 60.5 Å². The molecule has 18 heavy (non-hydrogen) atoms. The molecule has 0 unspecified atom stereocenters. The van der Waals surface area contributed by atoms with Crippen molar-refractivity contribution in [3.63, 3.8) is 0 Å². The third kappa shape index (κ3) is 3.53. The summed E-state index contributed by atoms with van der Waals surface area (Å²) in [6.45, 7) is 0.410. The standard InChI is InChI=1S/C11H9Cl2N3O2/c1-17-6-8-3-2-7(18-8)5-14-11-15-9(12)4-10(13)16-11/h2-5H,6H2,1H3. The maximum Gasteiger partial charge on any atom is 0.252 e. The van der Waals surface area contributed by atoms with Gasteiger partial charge < -0.3 is 9.15 Å². The predicted octanol–water partition coefficient (Wildman–Crippen LogP) is 3.27. The molecule has 0 aromatic carbocycles. The number of nitrogens with zero attached hydrogens (tertiary/aromatic N) is 3. The van der Waals surface area contributed by atoms with Gasteiger partial charge in [0.1, 0.15) is 28.4 Å². The van der Waals surface area contributed by atoms with Crippen molar-refractivity contribution < 1.29 is 9.15 Å². The van der Waals surface area contributed by atoms with Crippen LogP contribution >= 0.6 is 23.2 Å². The van der Waals surface area contributed by atoms with E-state index in [4.69, 9.17) is 32.4 Å². The molecule has 2 aromatic heterocycles. The molecular formula is C11H9Cl2N3O2. The number of aromatic nitrogens is 2. The quantitative estimate of drug-likeness (QED) is 0.639. The maximum atomic E-state index is 5.73. The van der Waals surface area contributed by atoms with Crippen LogP contribution in [0.5, 0.6) is 0 Å². The van der Waals surface area contributed by atoms with E-state index in [9.17, 15) is 0 Å². The number of furan rings is 1. The van der Waals surface area contributed by atoms with Crippen molar-refractivity contribution in [2.24, 2.45) is 4.99 Å². The first-order valence-corrected chi connectivity index (χ1v) is 5.75. The van der Waals surface area contributed by atoms with Crippen molar-refractivity contribution in [2.45, 2.75) is 6.61 Å². The molecule has 0 radical (unpaired) electrons. The Hall–Kier alpha value is -1.43. The Morgan fingerprint density at radius 1 is 1.33 bits per heavy atom. The molecule has 2 heterocycles. The first-order valence-electron chi connectivity index (χ1n) is 4.99. The molecule has 0 fully saturated rings. The van der Waals surface area contributed by atoms with Crippen LogP contribution in [0.2, 0.25) is 10.3 Å². The molecule has 0 aliphatic heterocycles. The smallest absolute Gasteiger partial charge is 0.252 e. The van der Waals surface area contributed by atoms with Gasteiger partial charge in [-0.1, -0.05) is 23.2 Å². The van der Waals surface area contributed by atoms with Gasteiger partial charge in [0.25, 0.3) is 5.95 Å². The van der Waals surface area contributed by atoms with Gasteiger partial charge in [0.2, 0.25) is 0 Å². The van der Waals surface area contributed by atoms with Crippen molar-refractivity contribution in [3.05, 3.63) is 40.0 Å². The molecule has 94 valence electrons. The fourth-order valence-corrected chi connectivity index (χ4v) is 1.66. The van der Waals surface area contributed by atoms with Crippen LogP contribution in [0.25, 0.3) is 0 Å². The summed E-state index contributed by atoms with van der Waals surface area (Å²) in [6, 6.07) is 5.01. The Balaban J connectivity index is 2.13. The first-order chi connectivity index (χ1) is 8.67. The SMILES string of the molecule is COCc1ccc(C=Nc2nc(Cl)cc(Cl)n2)o1. The summed E-state index contributed by atoms with van der Waals surface area (Å²) >= 11 is 11.5. The second kappa shape index (κ2) is 5.95. The largest absolute Gasteiger partial charge is 0.458 e. The molecule has 0 N–H and O–H groups in total. The van der Waals surface area contributed by atoms with Crippen LogP contribution in [0.3, 0.4) is 0 Å². The number of hydrogen-bond donors (Lipinski definition) is 0. The normalized spacial score (nSPS) is 11.3. The fourth-order valence-electron chi connectivity index (χ4n) is 1.24. The molecule has 0 aliphatic rings. The lowest BCUT2D eigenvalue weighted by Crippen LogP contribution is -1.85. The van der Waals surface area contributed by atoms with Crippen molar-refractivity contribution in [3.8, 4) is 0 Å². The van der Waals surface area contributed by atoms with Gasteiger partial charge in [0.15, 0.2) is 0 Å². The van der Waals surface area contributed by atoms with Crippen LogP contribution in [0.1, 0.15) is 11.5 Å². The number of hydrogen-bond acceptors (Lipinski definition) is 5. The van der Waals surface area contributed by atoms with E-state index in [1.165, 1.54) is 12.3 Å². The highest BCUT2D eigenvalue weighted by atomic mass is 35.5. The lowest BCUT2D eigenvalue weighted by Gasteiger charge is -1.94. The lowest BCUT2D eigenvalue weighted by atomic mass is 10.4. The maximum absolute atomic E-state index is 5.73. The minimum atomic E-state index is 0.178. The average Bonchev–Trinajstić information content (AvgIpc) is 2.74. The van der Waals surface area contributed by atoms with E-state index in [1.807, 2.05) is 0 Å². The fraction of sp³-hybridized carbons (Fsp3) is 0.182. The molecule has 7 heteroatoms. The van der Waals surface area contributed by atoms with E-state index < -0.39 is 0 Å². The van der Waals surface area contributed by atoms with Gasteiger partial charge >= 0.3 is 0 Å². The monoisotopic (exact) mass is 285 g/mol. The number of aliphatic imine (C=N–C) groups is 1. The highest BCUT2D eigenvalue weighted by molar-refractivity contribution is 6.33. The second-order valence-electron chi connectivity index (χ2n) is 3.31. The molecule has 0 atom stereocenters. The summed E-state index contributed by atoms with van der Waals surface area (Å²) in [5, 5.41) is 0.475. The number of ether oxygens (including phenoxy) is 1. The molecule has 0 amide bonds. The summed E-state index contributed by atoms with van der Waals surface area (Å²) in [5.41, 5.74) is 0. The lowest BCUT2D eigenvalue weighted by molar-refractivity contribution is 0.164. The number of methoxy groups -OCH3 is 1. The van der Waals surface area contributed by atoms with Gasteiger partial charge in [-0.25, -0.2) is 4.99 Å². The van der Waals surface area contributed by atoms with Crippen LogP contribution in [-0.2, 0) is 11.3 Å². The molecule has 0 aliphatic carbocycles. The molecular weight excluding hydrogens is 277 g/mol. The Bertz CT molecular complexity index is 549. The Kier molecular flexibility index (Phi) is 4.30. The molecule has 0 spiro atoms. The predicted molar refractivity (Wildman–Crippen MR) is 68.7 cm³/mol. The summed E-state index contributed by atoms with van der Waals surface area (Å²) in [4.78, 5) is 11.8. The van der Waals surface area contributed by atoms with Gasteiger partial charge in [0.05, 0.1) is 6.21 Å². The van der Waals surface area contributed by atoms with E-state index >= 15 is 0 Å². The van der Waals surface area contributed by atoms with E-state index in [0.717, 1.165) is 0 Å².